The van der Waals surface area contributed by atoms with E-state index in [9.17, 15) is 18.3 Å². The molecule has 2 rings (SSSR count). The highest BCUT2D eigenvalue weighted by Gasteiger charge is 2.24. The van der Waals surface area contributed by atoms with Crippen LogP contribution in [0.1, 0.15) is 10.4 Å². The Morgan fingerprint density at radius 2 is 1.86 bits per heavy atom. The first-order chi connectivity index (χ1) is 13.2. The van der Waals surface area contributed by atoms with Gasteiger partial charge in [-0.05, 0) is 12.1 Å². The largest absolute Gasteiger partial charge is 0.493 e. The topological polar surface area (TPSA) is 111 Å². The third-order valence-corrected chi connectivity index (χ3v) is 5.87. The lowest BCUT2D eigenvalue weighted by Crippen LogP contribution is -2.17. The van der Waals surface area contributed by atoms with Gasteiger partial charge in [0.05, 0.1) is 35.0 Å². The molecular formula is C17H17Cl2NO7S. The van der Waals surface area contributed by atoms with Gasteiger partial charge in [-0.15, -0.1) is 0 Å². The number of hydrogen-bond acceptors (Lipinski definition) is 6. The van der Waals surface area contributed by atoms with Crippen molar-refractivity contribution in [2.75, 3.05) is 32.2 Å². The van der Waals surface area contributed by atoms with Crippen LogP contribution in [-0.4, -0.2) is 46.9 Å². The van der Waals surface area contributed by atoms with Crippen molar-refractivity contribution in [1.82, 2.24) is 0 Å². The molecule has 2 N–H and O–H groups in total. The van der Waals surface area contributed by atoms with Gasteiger partial charge in [-0.2, -0.15) is 0 Å². The molecule has 0 bridgehead atoms. The average Bonchev–Trinajstić information content (AvgIpc) is 2.63. The Labute approximate surface area is 172 Å². The van der Waals surface area contributed by atoms with Gasteiger partial charge in [0.1, 0.15) is 11.5 Å². The van der Waals surface area contributed by atoms with Crippen LogP contribution in [0.2, 0.25) is 10.0 Å². The van der Waals surface area contributed by atoms with Crippen LogP contribution >= 0.6 is 23.2 Å². The van der Waals surface area contributed by atoms with Crippen LogP contribution in [0.25, 0.3) is 0 Å². The maximum absolute atomic E-state index is 12.7. The zero-order valence-corrected chi connectivity index (χ0v) is 17.2. The molecule has 0 unspecified atom stereocenters. The van der Waals surface area contributed by atoms with Crippen LogP contribution in [0.5, 0.6) is 11.5 Å². The van der Waals surface area contributed by atoms with Crippen molar-refractivity contribution in [2.45, 2.75) is 4.90 Å². The highest BCUT2D eigenvalue weighted by molar-refractivity contribution is 7.92. The zero-order valence-electron chi connectivity index (χ0n) is 14.9. The van der Waals surface area contributed by atoms with Crippen LogP contribution in [0.3, 0.4) is 0 Å². The molecule has 152 valence electrons. The summed E-state index contributed by atoms with van der Waals surface area (Å²) in [6.07, 6.45) is 0. The summed E-state index contributed by atoms with van der Waals surface area (Å²) in [5.41, 5.74) is -0.561. The minimum atomic E-state index is -4.23. The smallest absolute Gasteiger partial charge is 0.337 e. The van der Waals surface area contributed by atoms with Gasteiger partial charge >= 0.3 is 5.97 Å². The molecule has 2 aromatic carbocycles. The lowest BCUT2D eigenvalue weighted by molar-refractivity contribution is 0.0697. The van der Waals surface area contributed by atoms with E-state index >= 15 is 0 Å². The van der Waals surface area contributed by atoms with E-state index in [1.54, 1.807) is 0 Å². The minimum absolute atomic E-state index is 0.0429. The number of methoxy groups -OCH3 is 2. The molecular weight excluding hydrogens is 433 g/mol. The van der Waals surface area contributed by atoms with Crippen LogP contribution < -0.4 is 14.2 Å². The first kappa shape index (κ1) is 22.1. The zero-order chi connectivity index (χ0) is 20.9. The Morgan fingerprint density at radius 1 is 1.14 bits per heavy atom. The molecule has 0 aromatic heterocycles. The summed E-state index contributed by atoms with van der Waals surface area (Å²) in [5, 5.41) is 9.32. The molecule has 0 saturated carbocycles. The van der Waals surface area contributed by atoms with Crippen molar-refractivity contribution in [1.29, 1.82) is 0 Å². The molecule has 11 heteroatoms. The third-order valence-electron chi connectivity index (χ3n) is 3.53. The Hall–Kier alpha value is -2.20. The Bertz CT molecular complexity index is 980. The summed E-state index contributed by atoms with van der Waals surface area (Å²) >= 11 is 11.9. The molecule has 0 amide bonds. The Kier molecular flexibility index (Phi) is 7.36. The number of nitrogens with one attached hydrogen (secondary N) is 1. The second kappa shape index (κ2) is 9.33. The predicted molar refractivity (Wildman–Crippen MR) is 105 cm³/mol. The van der Waals surface area contributed by atoms with Crippen LogP contribution in [-0.2, 0) is 14.8 Å². The molecule has 0 saturated heterocycles. The SMILES string of the molecule is COCCOc1cc(NS(=O)(=O)c2cccc(Cl)c2Cl)c(C(=O)O)cc1OC. The van der Waals surface area contributed by atoms with E-state index in [1.165, 1.54) is 38.5 Å². The van der Waals surface area contributed by atoms with E-state index in [4.69, 9.17) is 37.4 Å². The quantitative estimate of drug-likeness (QED) is 0.563. The monoisotopic (exact) mass is 449 g/mol. The van der Waals surface area contributed by atoms with Gasteiger partial charge in [0.15, 0.2) is 11.5 Å². The van der Waals surface area contributed by atoms with Gasteiger partial charge in [0.2, 0.25) is 0 Å². The molecule has 0 aliphatic heterocycles. The van der Waals surface area contributed by atoms with Crippen molar-refractivity contribution in [2.24, 2.45) is 0 Å². The second-order valence-corrected chi connectivity index (χ2v) is 7.79. The molecule has 8 nitrogen and oxygen atoms in total. The minimum Gasteiger partial charge on any atom is -0.493 e. The number of hydrogen-bond donors (Lipinski definition) is 2. The summed E-state index contributed by atoms with van der Waals surface area (Å²) in [7, 11) is -1.41. The van der Waals surface area contributed by atoms with Gasteiger partial charge in [0.25, 0.3) is 10.0 Å². The summed E-state index contributed by atoms with van der Waals surface area (Å²) in [6.45, 7) is 0.411. The van der Waals surface area contributed by atoms with Crippen molar-refractivity contribution in [3.8, 4) is 11.5 Å². The number of rotatable bonds is 9. The predicted octanol–water partition coefficient (Wildman–Crippen LogP) is 3.53. The van der Waals surface area contributed by atoms with E-state index in [2.05, 4.69) is 4.72 Å². The van der Waals surface area contributed by atoms with E-state index < -0.39 is 16.0 Å². The Balaban J connectivity index is 2.51. The van der Waals surface area contributed by atoms with Crippen LogP contribution in [0.4, 0.5) is 5.69 Å². The number of aromatic carboxylic acids is 1. The number of halogens is 2. The highest BCUT2D eigenvalue weighted by Crippen LogP contribution is 2.36. The van der Waals surface area contributed by atoms with E-state index in [1.807, 2.05) is 0 Å². The lowest BCUT2D eigenvalue weighted by atomic mass is 10.1. The lowest BCUT2D eigenvalue weighted by Gasteiger charge is -2.16. The number of sulfonamides is 1. The summed E-state index contributed by atoms with van der Waals surface area (Å²) < 4.78 is 43.2. The normalized spacial score (nSPS) is 11.1. The number of carboxylic acid groups (broad SMARTS) is 1. The number of ether oxygens (including phenoxy) is 3. The van der Waals surface area contributed by atoms with Crippen LogP contribution in [0.15, 0.2) is 35.2 Å². The number of anilines is 1. The fourth-order valence-corrected chi connectivity index (χ4v) is 4.05. The average molecular weight is 450 g/mol. The molecule has 0 aliphatic carbocycles. The first-order valence-electron chi connectivity index (χ1n) is 7.75. The molecule has 0 atom stereocenters. The second-order valence-electron chi connectivity index (χ2n) is 5.35. The Morgan fingerprint density at radius 3 is 2.46 bits per heavy atom. The van der Waals surface area contributed by atoms with Gasteiger partial charge in [0, 0.05) is 19.2 Å². The van der Waals surface area contributed by atoms with Gasteiger partial charge in [-0.1, -0.05) is 29.3 Å². The van der Waals surface area contributed by atoms with E-state index in [0.29, 0.717) is 0 Å². The maximum atomic E-state index is 12.7. The van der Waals surface area contributed by atoms with Crippen molar-refractivity contribution >= 4 is 44.9 Å². The molecule has 28 heavy (non-hydrogen) atoms. The molecule has 0 radical (unpaired) electrons. The maximum Gasteiger partial charge on any atom is 0.337 e. The van der Waals surface area contributed by atoms with Gasteiger partial charge in [-0.25, -0.2) is 13.2 Å². The summed E-state index contributed by atoms with van der Waals surface area (Å²) in [6, 6.07) is 6.46. The van der Waals surface area contributed by atoms with Crippen molar-refractivity contribution in [3.63, 3.8) is 0 Å². The number of carboxylic acids is 1. The summed E-state index contributed by atoms with van der Waals surface area (Å²) in [5.74, 6) is -1.10. The molecule has 2 aromatic rings. The fourth-order valence-electron chi connectivity index (χ4n) is 2.22. The highest BCUT2D eigenvalue weighted by atomic mass is 35.5. The molecule has 0 aliphatic rings. The van der Waals surface area contributed by atoms with E-state index in [-0.39, 0.29) is 50.9 Å². The number of benzene rings is 2. The third kappa shape index (κ3) is 4.99. The summed E-state index contributed by atoms with van der Waals surface area (Å²) in [4.78, 5) is 11.3. The van der Waals surface area contributed by atoms with E-state index in [0.717, 1.165) is 6.07 Å². The molecule has 0 fully saturated rings. The molecule has 0 heterocycles. The number of carbonyl (C=O) groups is 1. The van der Waals surface area contributed by atoms with Gasteiger partial charge < -0.3 is 19.3 Å². The molecule has 0 spiro atoms. The van der Waals surface area contributed by atoms with Gasteiger partial charge in [-0.3, -0.25) is 4.72 Å². The van der Waals surface area contributed by atoms with Crippen molar-refractivity contribution in [3.05, 3.63) is 45.9 Å². The standard InChI is InChI=1S/C17H17Cl2NO7S/c1-25-6-7-27-14-9-12(10(17(21)22)8-13(14)26-2)20-28(23,24)15-5-3-4-11(18)16(15)19/h3-5,8-9,20H,6-7H2,1-2H3,(H,21,22). The van der Waals surface area contributed by atoms with Crippen molar-refractivity contribution < 1.29 is 32.5 Å². The first-order valence-corrected chi connectivity index (χ1v) is 9.99. The fraction of sp³-hybridized carbons (Fsp3) is 0.235. The van der Waals surface area contributed by atoms with Crippen LogP contribution in [0, 0.1) is 0 Å².